The number of anilines is 1. The van der Waals surface area contributed by atoms with Crippen LogP contribution in [0.4, 0.5) is 5.69 Å². The number of unbranched alkanes of at least 4 members (excludes halogenated alkanes) is 1. The first-order valence-corrected chi connectivity index (χ1v) is 7.51. The van der Waals surface area contributed by atoms with Crippen LogP contribution in [0.3, 0.4) is 0 Å². The fourth-order valence-corrected chi connectivity index (χ4v) is 2.39. The summed E-state index contributed by atoms with van der Waals surface area (Å²) in [5.74, 6) is 0.392. The fraction of sp³-hybridized carbons (Fsp3) is 0.500. The molecule has 0 aliphatic rings. The Labute approximate surface area is 130 Å². The molecule has 0 aliphatic carbocycles. The predicted octanol–water partition coefficient (Wildman–Crippen LogP) is 2.67. The van der Waals surface area contributed by atoms with Gasteiger partial charge in [-0.1, -0.05) is 19.4 Å². The Bertz CT molecular complexity index is 651. The van der Waals surface area contributed by atoms with Gasteiger partial charge >= 0.3 is 5.97 Å². The monoisotopic (exact) mass is 305 g/mol. The van der Waals surface area contributed by atoms with Gasteiger partial charge in [-0.3, -0.25) is 0 Å². The van der Waals surface area contributed by atoms with Crippen LogP contribution in [-0.4, -0.2) is 29.2 Å². The van der Waals surface area contributed by atoms with E-state index in [4.69, 9.17) is 15.2 Å². The quantitative estimate of drug-likeness (QED) is 0.483. The Hall–Kier alpha value is -2.08. The minimum absolute atomic E-state index is 0.271. The van der Waals surface area contributed by atoms with E-state index in [1.807, 2.05) is 16.7 Å². The van der Waals surface area contributed by atoms with Gasteiger partial charge in [0.25, 0.3) is 0 Å². The molecule has 120 valence electrons. The van der Waals surface area contributed by atoms with Crippen LogP contribution in [0.2, 0.25) is 0 Å². The number of ether oxygens (including phenoxy) is 2. The standard InChI is InChI=1S/C16H23N3O3/c1-4-5-9-22-16(20)11(2)19-13-8-6-7-12(17)15(13)18-14(19)10-21-3/h6-8,11H,4-5,9-10,17H2,1-3H3. The molecule has 0 aliphatic heterocycles. The fourth-order valence-electron chi connectivity index (χ4n) is 2.39. The summed E-state index contributed by atoms with van der Waals surface area (Å²) in [5, 5.41) is 0. The molecule has 1 aromatic carbocycles. The highest BCUT2D eigenvalue weighted by Gasteiger charge is 2.23. The van der Waals surface area contributed by atoms with Crippen LogP contribution in [0, 0.1) is 0 Å². The Morgan fingerprint density at radius 1 is 1.45 bits per heavy atom. The number of carbonyl (C=O) groups excluding carboxylic acids is 1. The Balaban J connectivity index is 2.37. The number of esters is 1. The lowest BCUT2D eigenvalue weighted by Crippen LogP contribution is -2.21. The number of hydrogen-bond donors (Lipinski definition) is 1. The van der Waals surface area contributed by atoms with Crippen molar-refractivity contribution in [2.24, 2.45) is 0 Å². The third kappa shape index (κ3) is 3.22. The molecule has 1 aromatic heterocycles. The predicted molar refractivity (Wildman–Crippen MR) is 85.4 cm³/mol. The number of fused-ring (bicyclic) bond motifs is 1. The van der Waals surface area contributed by atoms with Crippen LogP contribution in [-0.2, 0) is 20.9 Å². The van der Waals surface area contributed by atoms with Crippen molar-refractivity contribution in [1.29, 1.82) is 0 Å². The summed E-state index contributed by atoms with van der Waals surface area (Å²) in [6.07, 6.45) is 1.85. The van der Waals surface area contributed by atoms with E-state index in [-0.39, 0.29) is 5.97 Å². The molecule has 1 heterocycles. The highest BCUT2D eigenvalue weighted by Crippen LogP contribution is 2.26. The van der Waals surface area contributed by atoms with Crippen molar-refractivity contribution in [1.82, 2.24) is 9.55 Å². The van der Waals surface area contributed by atoms with Gasteiger partial charge in [0.2, 0.25) is 0 Å². The molecule has 0 bridgehead atoms. The number of rotatable bonds is 7. The van der Waals surface area contributed by atoms with Gasteiger partial charge in [-0.2, -0.15) is 0 Å². The van der Waals surface area contributed by atoms with Gasteiger partial charge in [-0.25, -0.2) is 9.78 Å². The third-order valence-corrected chi connectivity index (χ3v) is 3.57. The average Bonchev–Trinajstić information content (AvgIpc) is 2.86. The number of benzene rings is 1. The third-order valence-electron chi connectivity index (χ3n) is 3.57. The lowest BCUT2D eigenvalue weighted by atomic mass is 10.2. The molecule has 1 atom stereocenters. The topological polar surface area (TPSA) is 79.4 Å². The summed E-state index contributed by atoms with van der Waals surface area (Å²) in [6.45, 7) is 4.60. The molecule has 6 nitrogen and oxygen atoms in total. The summed E-state index contributed by atoms with van der Waals surface area (Å²) >= 11 is 0. The van der Waals surface area contributed by atoms with Crippen LogP contribution < -0.4 is 5.73 Å². The maximum absolute atomic E-state index is 12.3. The molecule has 0 saturated heterocycles. The van der Waals surface area contributed by atoms with Crippen molar-refractivity contribution in [3.05, 3.63) is 24.0 Å². The maximum atomic E-state index is 12.3. The molecule has 2 N–H and O–H groups in total. The first-order valence-electron chi connectivity index (χ1n) is 7.51. The largest absolute Gasteiger partial charge is 0.464 e. The molecule has 0 saturated carbocycles. The number of carbonyl (C=O) groups is 1. The normalized spacial score (nSPS) is 12.5. The van der Waals surface area contributed by atoms with E-state index in [1.165, 1.54) is 0 Å². The molecular weight excluding hydrogens is 282 g/mol. The zero-order chi connectivity index (χ0) is 16.1. The first kappa shape index (κ1) is 16.3. The van der Waals surface area contributed by atoms with Gasteiger partial charge in [0.1, 0.15) is 24.0 Å². The molecular formula is C16H23N3O3. The van der Waals surface area contributed by atoms with E-state index in [0.29, 0.717) is 30.2 Å². The highest BCUT2D eigenvalue weighted by molar-refractivity contribution is 5.89. The van der Waals surface area contributed by atoms with Crippen LogP contribution in [0.5, 0.6) is 0 Å². The van der Waals surface area contributed by atoms with Gasteiger partial charge in [-0.05, 0) is 25.5 Å². The second-order valence-electron chi connectivity index (χ2n) is 5.24. The zero-order valence-corrected chi connectivity index (χ0v) is 13.3. The average molecular weight is 305 g/mol. The van der Waals surface area contributed by atoms with Gasteiger partial charge in [-0.15, -0.1) is 0 Å². The number of aromatic nitrogens is 2. The SMILES string of the molecule is CCCCOC(=O)C(C)n1c(COC)nc2c(N)cccc21. The number of nitrogens with two attached hydrogens (primary N) is 1. The Kier molecular flexibility index (Phi) is 5.38. The number of methoxy groups -OCH3 is 1. The summed E-state index contributed by atoms with van der Waals surface area (Å²) in [7, 11) is 1.59. The number of imidazole rings is 1. The molecule has 0 fully saturated rings. The molecule has 0 spiro atoms. The minimum Gasteiger partial charge on any atom is -0.464 e. The van der Waals surface area contributed by atoms with Crippen LogP contribution in [0.15, 0.2) is 18.2 Å². The van der Waals surface area contributed by atoms with Crippen molar-refractivity contribution >= 4 is 22.7 Å². The van der Waals surface area contributed by atoms with Gasteiger partial charge in [0.05, 0.1) is 17.8 Å². The van der Waals surface area contributed by atoms with Crippen LogP contribution in [0.25, 0.3) is 11.0 Å². The van der Waals surface area contributed by atoms with E-state index >= 15 is 0 Å². The molecule has 2 rings (SSSR count). The lowest BCUT2D eigenvalue weighted by Gasteiger charge is -2.16. The first-order chi connectivity index (χ1) is 10.6. The molecule has 1 unspecified atom stereocenters. The summed E-state index contributed by atoms with van der Waals surface area (Å²) in [5.41, 5.74) is 8.05. The molecule has 0 radical (unpaired) electrons. The van der Waals surface area contributed by atoms with E-state index in [0.717, 1.165) is 18.4 Å². The van der Waals surface area contributed by atoms with Crippen LogP contribution in [0.1, 0.15) is 38.6 Å². The van der Waals surface area contributed by atoms with Crippen molar-refractivity contribution in [3.63, 3.8) is 0 Å². The molecule has 2 aromatic rings. The van der Waals surface area contributed by atoms with E-state index in [1.54, 1.807) is 20.1 Å². The highest BCUT2D eigenvalue weighted by atomic mass is 16.5. The molecule has 22 heavy (non-hydrogen) atoms. The number of para-hydroxylation sites is 1. The van der Waals surface area contributed by atoms with E-state index < -0.39 is 6.04 Å². The zero-order valence-electron chi connectivity index (χ0n) is 13.3. The molecule has 6 heteroatoms. The summed E-state index contributed by atoms with van der Waals surface area (Å²) < 4.78 is 12.3. The van der Waals surface area contributed by atoms with Gasteiger partial charge in [0.15, 0.2) is 0 Å². The second kappa shape index (κ2) is 7.26. The van der Waals surface area contributed by atoms with Crippen molar-refractivity contribution in [2.45, 2.75) is 39.3 Å². The van der Waals surface area contributed by atoms with E-state index in [9.17, 15) is 4.79 Å². The maximum Gasteiger partial charge on any atom is 0.328 e. The Morgan fingerprint density at radius 2 is 2.23 bits per heavy atom. The van der Waals surface area contributed by atoms with Crippen molar-refractivity contribution in [3.8, 4) is 0 Å². The lowest BCUT2D eigenvalue weighted by molar-refractivity contribution is -0.147. The second-order valence-corrected chi connectivity index (χ2v) is 5.24. The number of nitrogens with zero attached hydrogens (tertiary/aromatic N) is 2. The van der Waals surface area contributed by atoms with Crippen LogP contribution >= 0.6 is 0 Å². The Morgan fingerprint density at radius 3 is 2.91 bits per heavy atom. The summed E-state index contributed by atoms with van der Waals surface area (Å²) in [4.78, 5) is 16.8. The number of hydrogen-bond acceptors (Lipinski definition) is 5. The minimum atomic E-state index is -0.478. The van der Waals surface area contributed by atoms with Gasteiger partial charge < -0.3 is 19.8 Å². The van der Waals surface area contributed by atoms with Crippen molar-refractivity contribution in [2.75, 3.05) is 19.5 Å². The van der Waals surface area contributed by atoms with E-state index in [2.05, 4.69) is 11.9 Å². The number of nitrogen functional groups attached to an aromatic ring is 1. The molecule has 0 amide bonds. The van der Waals surface area contributed by atoms with Crippen molar-refractivity contribution < 1.29 is 14.3 Å². The summed E-state index contributed by atoms with van der Waals surface area (Å²) in [6, 6.07) is 5.06. The van der Waals surface area contributed by atoms with Gasteiger partial charge in [0, 0.05) is 7.11 Å². The smallest absolute Gasteiger partial charge is 0.328 e.